The zero-order valence-corrected chi connectivity index (χ0v) is 23.1. The Morgan fingerprint density at radius 1 is 0.900 bits per heavy atom. The summed E-state index contributed by atoms with van der Waals surface area (Å²) < 4.78 is 11.3. The lowest BCUT2D eigenvalue weighted by Gasteiger charge is -2.22. The highest BCUT2D eigenvalue weighted by atomic mass is 16.4. The predicted molar refractivity (Wildman–Crippen MR) is 151 cm³/mol. The first-order chi connectivity index (χ1) is 19.1. The number of rotatable bonds is 11. The Hall–Kier alpha value is -4.40. The zero-order chi connectivity index (χ0) is 29.0. The lowest BCUT2D eigenvalue weighted by Crippen LogP contribution is -2.52. The van der Waals surface area contributed by atoms with Crippen LogP contribution in [0.1, 0.15) is 54.2 Å². The maximum absolute atomic E-state index is 13.1. The van der Waals surface area contributed by atoms with E-state index < -0.39 is 35.5 Å². The highest BCUT2D eigenvalue weighted by Gasteiger charge is 2.27. The maximum Gasteiger partial charge on any atom is 0.340 e. The van der Waals surface area contributed by atoms with Crippen LogP contribution in [0, 0.1) is 20.8 Å². The van der Waals surface area contributed by atoms with Crippen molar-refractivity contribution >= 4 is 39.7 Å². The SMILES string of the molecule is CCCCC(NC(=O)Cc1c(C)c2cc3c(C)c(C)oc3cc2oc1=O)C(=O)NC(Cc1ccccc1)C(=O)O. The molecule has 9 nitrogen and oxygen atoms in total. The van der Waals surface area contributed by atoms with Crippen molar-refractivity contribution in [3.63, 3.8) is 0 Å². The van der Waals surface area contributed by atoms with Crippen molar-refractivity contribution in [1.82, 2.24) is 10.6 Å². The number of hydrogen-bond donors (Lipinski definition) is 3. The topological polar surface area (TPSA) is 139 Å². The van der Waals surface area contributed by atoms with Crippen molar-refractivity contribution in [1.29, 1.82) is 0 Å². The quantitative estimate of drug-likeness (QED) is 0.236. The summed E-state index contributed by atoms with van der Waals surface area (Å²) in [5, 5.41) is 16.6. The molecule has 2 atom stereocenters. The number of nitrogens with one attached hydrogen (secondary N) is 2. The Kier molecular flexibility index (Phi) is 8.72. The number of unbranched alkanes of at least 4 members (excludes halogenated alkanes) is 1. The van der Waals surface area contributed by atoms with Gasteiger partial charge < -0.3 is 24.6 Å². The molecule has 2 aromatic carbocycles. The highest BCUT2D eigenvalue weighted by Crippen LogP contribution is 2.31. The zero-order valence-electron chi connectivity index (χ0n) is 23.1. The average molecular weight is 547 g/mol. The molecule has 2 aromatic heterocycles. The lowest BCUT2D eigenvalue weighted by atomic mass is 10.0. The third-order valence-corrected chi connectivity index (χ3v) is 7.32. The Bertz CT molecular complexity index is 1620. The fraction of sp³-hybridized carbons (Fsp3) is 0.355. The minimum atomic E-state index is -1.17. The van der Waals surface area contributed by atoms with Gasteiger partial charge in [0.2, 0.25) is 11.8 Å². The van der Waals surface area contributed by atoms with Crippen LogP contribution in [-0.2, 0) is 27.2 Å². The molecule has 2 amide bonds. The number of carbonyl (C=O) groups is 3. The van der Waals surface area contributed by atoms with E-state index in [1.807, 2.05) is 32.9 Å². The first-order valence-corrected chi connectivity index (χ1v) is 13.4. The van der Waals surface area contributed by atoms with Gasteiger partial charge in [0.05, 0.1) is 12.0 Å². The molecule has 0 aliphatic rings. The molecule has 0 fully saturated rings. The van der Waals surface area contributed by atoms with E-state index in [1.165, 1.54) is 0 Å². The molecule has 40 heavy (non-hydrogen) atoms. The van der Waals surface area contributed by atoms with E-state index in [0.717, 1.165) is 28.7 Å². The third-order valence-electron chi connectivity index (χ3n) is 7.32. The van der Waals surface area contributed by atoms with Gasteiger partial charge >= 0.3 is 11.6 Å². The number of hydrogen-bond acceptors (Lipinski definition) is 6. The molecule has 4 rings (SSSR count). The van der Waals surface area contributed by atoms with E-state index in [0.29, 0.717) is 35.0 Å². The summed E-state index contributed by atoms with van der Waals surface area (Å²) in [5.74, 6) is -1.51. The van der Waals surface area contributed by atoms with Crippen molar-refractivity contribution in [2.24, 2.45) is 0 Å². The molecular formula is C31H34N2O7. The van der Waals surface area contributed by atoms with E-state index in [2.05, 4.69) is 10.6 Å². The summed E-state index contributed by atoms with van der Waals surface area (Å²) in [7, 11) is 0. The number of carboxylic acids is 1. The molecule has 9 heteroatoms. The van der Waals surface area contributed by atoms with Gasteiger partial charge in [0.15, 0.2) is 0 Å². The number of carbonyl (C=O) groups excluding carboxylic acids is 2. The molecule has 2 heterocycles. The summed E-state index contributed by atoms with van der Waals surface area (Å²) >= 11 is 0. The molecule has 0 radical (unpaired) electrons. The predicted octanol–water partition coefficient (Wildman–Crippen LogP) is 4.49. The summed E-state index contributed by atoms with van der Waals surface area (Å²) in [6, 6.07) is 10.5. The fourth-order valence-corrected chi connectivity index (χ4v) is 4.83. The van der Waals surface area contributed by atoms with Crippen LogP contribution in [0.5, 0.6) is 0 Å². The van der Waals surface area contributed by atoms with Gasteiger partial charge in [0.25, 0.3) is 0 Å². The number of fused-ring (bicyclic) bond motifs is 2. The number of benzene rings is 2. The first kappa shape index (κ1) is 28.6. The van der Waals surface area contributed by atoms with Gasteiger partial charge in [-0.15, -0.1) is 0 Å². The molecule has 0 bridgehead atoms. The van der Waals surface area contributed by atoms with E-state index in [9.17, 15) is 24.3 Å². The molecule has 0 saturated heterocycles. The van der Waals surface area contributed by atoms with Gasteiger partial charge in [-0.2, -0.15) is 0 Å². The second-order valence-electron chi connectivity index (χ2n) is 10.1. The Labute approximate surface area is 231 Å². The standard InChI is InChI=1S/C31H34N2O7/c1-5-6-12-24(29(35)33-25(30(36)37)13-20-10-8-7-9-11-20)32-28(34)15-23-18(3)22-14-21-17(2)19(4)39-26(21)16-27(22)40-31(23)38/h7-11,14,16,24-25H,5-6,12-13,15H2,1-4H3,(H,32,34)(H,33,35)(H,36,37). The average Bonchev–Trinajstić information content (AvgIpc) is 3.20. The minimum Gasteiger partial charge on any atom is -0.480 e. The van der Waals surface area contributed by atoms with Crippen molar-refractivity contribution in [3.05, 3.63) is 80.9 Å². The van der Waals surface area contributed by atoms with Crippen LogP contribution in [0.15, 0.2) is 56.1 Å². The maximum atomic E-state index is 13.1. The monoisotopic (exact) mass is 546 g/mol. The molecule has 4 aromatic rings. The Morgan fingerprint density at radius 3 is 2.25 bits per heavy atom. The van der Waals surface area contributed by atoms with Crippen LogP contribution in [0.4, 0.5) is 0 Å². The Balaban J connectivity index is 1.53. The van der Waals surface area contributed by atoms with Crippen LogP contribution >= 0.6 is 0 Å². The van der Waals surface area contributed by atoms with Crippen molar-refractivity contribution in [3.8, 4) is 0 Å². The highest BCUT2D eigenvalue weighted by molar-refractivity contribution is 5.97. The molecule has 0 saturated carbocycles. The molecule has 2 unspecified atom stereocenters. The summed E-state index contributed by atoms with van der Waals surface area (Å²) in [4.78, 5) is 51.0. The molecular weight excluding hydrogens is 512 g/mol. The molecule has 0 aliphatic heterocycles. The molecule has 210 valence electrons. The van der Waals surface area contributed by atoms with Crippen molar-refractivity contribution < 1.29 is 28.3 Å². The van der Waals surface area contributed by atoms with Crippen LogP contribution in [0.25, 0.3) is 21.9 Å². The largest absolute Gasteiger partial charge is 0.480 e. The molecule has 3 N–H and O–H groups in total. The van der Waals surface area contributed by atoms with Gasteiger partial charge in [-0.3, -0.25) is 9.59 Å². The van der Waals surface area contributed by atoms with E-state index in [1.54, 1.807) is 37.3 Å². The van der Waals surface area contributed by atoms with Crippen LogP contribution in [-0.4, -0.2) is 35.0 Å². The number of furan rings is 1. The lowest BCUT2D eigenvalue weighted by molar-refractivity contribution is -0.142. The molecule has 0 aliphatic carbocycles. The van der Waals surface area contributed by atoms with Crippen LogP contribution in [0.2, 0.25) is 0 Å². The van der Waals surface area contributed by atoms with Crippen LogP contribution < -0.4 is 16.3 Å². The van der Waals surface area contributed by atoms with E-state index in [-0.39, 0.29) is 18.4 Å². The fourth-order valence-electron chi connectivity index (χ4n) is 4.83. The number of aryl methyl sites for hydroxylation is 3. The van der Waals surface area contributed by atoms with E-state index >= 15 is 0 Å². The number of amides is 2. The van der Waals surface area contributed by atoms with Gasteiger partial charge in [-0.1, -0.05) is 50.1 Å². The minimum absolute atomic E-state index is 0.108. The normalized spacial score (nSPS) is 12.8. The third kappa shape index (κ3) is 6.25. The number of carboxylic acid groups (broad SMARTS) is 1. The van der Waals surface area contributed by atoms with Crippen molar-refractivity contribution in [2.45, 2.75) is 71.9 Å². The summed E-state index contributed by atoms with van der Waals surface area (Å²) in [6.07, 6.45) is 1.57. The second-order valence-corrected chi connectivity index (χ2v) is 10.1. The summed E-state index contributed by atoms with van der Waals surface area (Å²) in [6.45, 7) is 7.53. The molecule has 0 spiro atoms. The van der Waals surface area contributed by atoms with E-state index in [4.69, 9.17) is 8.83 Å². The first-order valence-electron chi connectivity index (χ1n) is 13.4. The summed E-state index contributed by atoms with van der Waals surface area (Å²) in [5.41, 5.74) is 2.91. The smallest absolute Gasteiger partial charge is 0.340 e. The van der Waals surface area contributed by atoms with Gasteiger partial charge in [0.1, 0.15) is 29.0 Å². The van der Waals surface area contributed by atoms with Gasteiger partial charge in [-0.05, 0) is 49.9 Å². The Morgan fingerprint density at radius 2 is 1.57 bits per heavy atom. The second kappa shape index (κ2) is 12.2. The van der Waals surface area contributed by atoms with Crippen molar-refractivity contribution in [2.75, 3.05) is 0 Å². The van der Waals surface area contributed by atoms with Crippen LogP contribution in [0.3, 0.4) is 0 Å². The number of aliphatic carboxylic acids is 1. The van der Waals surface area contributed by atoms with Gasteiger partial charge in [0, 0.05) is 23.3 Å². The van der Waals surface area contributed by atoms with Gasteiger partial charge in [-0.25, -0.2) is 9.59 Å².